The van der Waals surface area contributed by atoms with Gasteiger partial charge in [-0.25, -0.2) is 8.42 Å². The number of rotatable bonds is 6. The Bertz CT molecular complexity index is 1200. The molecule has 3 aromatic rings. The Labute approximate surface area is 163 Å². The lowest BCUT2D eigenvalue weighted by molar-refractivity contribution is -0.116. The number of hydrogen-bond donors (Lipinski definition) is 0. The van der Waals surface area contributed by atoms with E-state index in [1.165, 1.54) is 6.07 Å². The van der Waals surface area contributed by atoms with Gasteiger partial charge in [-0.05, 0) is 29.0 Å². The molecule has 3 aromatic carbocycles. The first-order valence-corrected chi connectivity index (χ1v) is 10.1. The molecule has 0 spiro atoms. The van der Waals surface area contributed by atoms with Crippen molar-refractivity contribution < 1.29 is 18.0 Å². The van der Waals surface area contributed by atoms with Crippen molar-refractivity contribution in [2.45, 2.75) is 17.7 Å². The van der Waals surface area contributed by atoms with Crippen molar-refractivity contribution in [3.05, 3.63) is 90.5 Å². The van der Waals surface area contributed by atoms with Crippen molar-refractivity contribution in [2.24, 2.45) is 0 Å². The number of Topliss-reactive ketones (excluding diaryl/α,β-unsaturated/α-hetero) is 1. The molecule has 6 heteroatoms. The van der Waals surface area contributed by atoms with Crippen LogP contribution in [-0.4, -0.2) is 24.0 Å². The summed E-state index contributed by atoms with van der Waals surface area (Å²) in [6.07, 6.45) is 0.129. The van der Waals surface area contributed by atoms with E-state index < -0.39 is 20.7 Å². The molecule has 0 saturated heterocycles. The number of nitrogens with zero attached hydrogens (tertiary/aromatic N) is 2. The van der Waals surface area contributed by atoms with Crippen LogP contribution in [0.2, 0.25) is 0 Å². The normalized spacial score (nSPS) is 11.0. The third-order valence-electron chi connectivity index (χ3n) is 4.46. The molecule has 0 aliphatic heterocycles. The van der Waals surface area contributed by atoms with Crippen LogP contribution in [0.4, 0.5) is 0 Å². The Morgan fingerprint density at radius 1 is 0.893 bits per heavy atom. The van der Waals surface area contributed by atoms with Crippen molar-refractivity contribution in [3.8, 4) is 0 Å². The van der Waals surface area contributed by atoms with Gasteiger partial charge in [-0.15, -0.1) is 4.79 Å². The predicted molar refractivity (Wildman–Crippen MR) is 109 cm³/mol. The van der Waals surface area contributed by atoms with Crippen LogP contribution in [0.25, 0.3) is 21.9 Å². The molecule has 28 heavy (non-hydrogen) atoms. The van der Waals surface area contributed by atoms with E-state index in [1.54, 1.807) is 36.4 Å². The summed E-state index contributed by atoms with van der Waals surface area (Å²) in [5.41, 5.74) is 10.9. The fourth-order valence-corrected chi connectivity index (χ4v) is 4.43. The molecule has 0 aliphatic rings. The smallest absolute Gasteiger partial charge is 0.360 e. The van der Waals surface area contributed by atoms with Gasteiger partial charge in [0.15, 0.2) is 0 Å². The zero-order valence-electron chi connectivity index (χ0n) is 15.1. The molecule has 0 bridgehead atoms. The quantitative estimate of drug-likeness (QED) is 0.272. The Balaban J connectivity index is 1.87. The van der Waals surface area contributed by atoms with Gasteiger partial charge in [0.2, 0.25) is 0 Å². The SMILES string of the molecule is C=C(CCC(=O)C(=[N+]=[N-])S(=O)(=O)c1cccc2ccccc12)c1ccccc1. The second-order valence-electron chi connectivity index (χ2n) is 6.28. The summed E-state index contributed by atoms with van der Waals surface area (Å²) in [5, 5.41) is 0.322. The van der Waals surface area contributed by atoms with E-state index in [2.05, 4.69) is 11.4 Å². The molecule has 0 saturated carbocycles. The zero-order valence-corrected chi connectivity index (χ0v) is 15.9. The third kappa shape index (κ3) is 3.83. The fourth-order valence-electron chi connectivity index (χ4n) is 2.98. The van der Waals surface area contributed by atoms with E-state index in [9.17, 15) is 18.7 Å². The van der Waals surface area contributed by atoms with Gasteiger partial charge in [0.05, 0.1) is 4.90 Å². The molecule has 0 fully saturated rings. The van der Waals surface area contributed by atoms with Crippen LogP contribution >= 0.6 is 0 Å². The standard InChI is InChI=1S/C22H18N2O3S/c1-16(17-8-3-2-4-9-17)14-15-20(25)22(24-23)28(26,27)21-13-7-11-18-10-5-6-12-19(18)21/h2-13H,1,14-15H2. The lowest BCUT2D eigenvalue weighted by Gasteiger charge is -2.06. The molecule has 0 heterocycles. The number of ketones is 1. The van der Waals surface area contributed by atoms with E-state index in [4.69, 9.17) is 0 Å². The Morgan fingerprint density at radius 2 is 1.54 bits per heavy atom. The van der Waals surface area contributed by atoms with Gasteiger partial charge in [0.25, 0.3) is 15.6 Å². The summed E-state index contributed by atoms with van der Waals surface area (Å²) in [7, 11) is -4.27. The van der Waals surface area contributed by atoms with Crippen LogP contribution in [0.3, 0.4) is 0 Å². The Morgan fingerprint density at radius 3 is 2.25 bits per heavy atom. The summed E-state index contributed by atoms with van der Waals surface area (Å²) in [4.78, 5) is 15.3. The van der Waals surface area contributed by atoms with Crippen molar-refractivity contribution in [1.82, 2.24) is 0 Å². The van der Waals surface area contributed by atoms with Crippen LogP contribution in [-0.2, 0) is 14.6 Å². The van der Waals surface area contributed by atoms with E-state index >= 15 is 0 Å². The molecule has 0 amide bonds. The first-order valence-electron chi connectivity index (χ1n) is 8.66. The van der Waals surface area contributed by atoms with Crippen molar-refractivity contribution >= 4 is 37.0 Å². The minimum absolute atomic E-state index is 0.0614. The molecule has 0 unspecified atom stereocenters. The molecule has 140 valence electrons. The predicted octanol–water partition coefficient (Wildman–Crippen LogP) is 4.30. The van der Waals surface area contributed by atoms with Gasteiger partial charge < -0.3 is 5.53 Å². The monoisotopic (exact) mass is 390 g/mol. The van der Waals surface area contributed by atoms with Crippen molar-refractivity contribution in [1.29, 1.82) is 0 Å². The van der Waals surface area contributed by atoms with Gasteiger partial charge in [0, 0.05) is 11.8 Å². The van der Waals surface area contributed by atoms with Crippen LogP contribution in [0.1, 0.15) is 18.4 Å². The minimum Gasteiger partial charge on any atom is -0.360 e. The van der Waals surface area contributed by atoms with Crippen LogP contribution < -0.4 is 0 Å². The average molecular weight is 390 g/mol. The number of carbonyl (C=O) groups excluding carboxylic acids is 1. The highest BCUT2D eigenvalue weighted by Gasteiger charge is 2.37. The average Bonchev–Trinajstić information content (AvgIpc) is 2.72. The van der Waals surface area contributed by atoms with Gasteiger partial charge in [0.1, 0.15) is 0 Å². The molecule has 0 N–H and O–H groups in total. The maximum absolute atomic E-state index is 13.0. The van der Waals surface area contributed by atoms with Gasteiger partial charge in [-0.1, -0.05) is 73.3 Å². The topological polar surface area (TPSA) is 87.6 Å². The van der Waals surface area contributed by atoms with Crippen LogP contribution in [0.5, 0.6) is 0 Å². The molecule has 5 nitrogen and oxygen atoms in total. The van der Waals surface area contributed by atoms with Gasteiger partial charge in [-0.3, -0.25) is 4.79 Å². The molecule has 0 radical (unpaired) electrons. The lowest BCUT2D eigenvalue weighted by Crippen LogP contribution is -2.26. The molecule has 0 aliphatic carbocycles. The number of fused-ring (bicyclic) bond motifs is 1. The number of allylic oxidation sites excluding steroid dienone is 1. The molecular weight excluding hydrogens is 372 g/mol. The van der Waals surface area contributed by atoms with Crippen LogP contribution in [0.15, 0.2) is 84.3 Å². The first-order chi connectivity index (χ1) is 13.4. The number of sulfone groups is 1. The summed E-state index contributed by atoms with van der Waals surface area (Å²) < 4.78 is 26.0. The van der Waals surface area contributed by atoms with E-state index in [-0.39, 0.29) is 17.7 Å². The summed E-state index contributed by atoms with van der Waals surface area (Å²) in [6.45, 7) is 3.94. The van der Waals surface area contributed by atoms with E-state index in [0.29, 0.717) is 16.3 Å². The second kappa shape index (κ2) is 8.13. The Kier molecular flexibility index (Phi) is 5.64. The minimum atomic E-state index is -4.27. The highest BCUT2D eigenvalue weighted by molar-refractivity contribution is 8.08. The summed E-state index contributed by atoms with van der Waals surface area (Å²) in [5.74, 6) is -0.757. The second-order valence-corrected chi connectivity index (χ2v) is 8.11. The first kappa shape index (κ1) is 19.4. The third-order valence-corrected chi connectivity index (χ3v) is 6.21. The number of benzene rings is 3. The number of hydrogen-bond acceptors (Lipinski definition) is 3. The van der Waals surface area contributed by atoms with Crippen molar-refractivity contribution in [3.63, 3.8) is 0 Å². The summed E-state index contributed by atoms with van der Waals surface area (Å²) >= 11 is 0. The fraction of sp³-hybridized carbons (Fsp3) is 0.0909. The lowest BCUT2D eigenvalue weighted by atomic mass is 10.0. The van der Waals surface area contributed by atoms with Gasteiger partial charge in [-0.2, -0.15) is 0 Å². The summed E-state index contributed by atoms with van der Waals surface area (Å²) in [6, 6.07) is 21.0. The molecule has 3 rings (SSSR count). The Hall–Kier alpha value is -3.34. The molecule has 0 atom stereocenters. The molecule has 0 aromatic heterocycles. The van der Waals surface area contributed by atoms with Crippen LogP contribution in [0, 0.1) is 0 Å². The highest BCUT2D eigenvalue weighted by Crippen LogP contribution is 2.25. The highest BCUT2D eigenvalue weighted by atomic mass is 32.2. The maximum atomic E-state index is 13.0. The molecular formula is C22H18N2O3S. The number of carbonyl (C=O) groups is 1. The largest absolute Gasteiger partial charge is 0.451 e. The zero-order chi connectivity index (χ0) is 20.1. The van der Waals surface area contributed by atoms with E-state index in [1.807, 2.05) is 30.3 Å². The van der Waals surface area contributed by atoms with Crippen molar-refractivity contribution in [2.75, 3.05) is 0 Å². The van der Waals surface area contributed by atoms with E-state index in [0.717, 1.165) is 5.56 Å². The van der Waals surface area contributed by atoms with Gasteiger partial charge >= 0.3 is 5.04 Å². The maximum Gasteiger partial charge on any atom is 0.451 e.